The SMILES string of the molecule is CCN(CC)c1ccc(NC(=O)CCC2NC(=O)NC2=O)cc1. The molecule has 0 aromatic heterocycles. The summed E-state index contributed by atoms with van der Waals surface area (Å²) in [5, 5.41) is 7.41. The lowest BCUT2D eigenvalue weighted by atomic mass is 10.1. The summed E-state index contributed by atoms with van der Waals surface area (Å²) in [7, 11) is 0. The van der Waals surface area contributed by atoms with Crippen LogP contribution >= 0.6 is 0 Å². The standard InChI is InChI=1S/C16H22N4O3/c1-3-20(4-2)12-7-5-11(6-8-12)17-14(21)10-9-13-15(22)19-16(23)18-13/h5-8,13H,3-4,9-10H2,1-2H3,(H,17,21)(H2,18,19,22,23). The van der Waals surface area contributed by atoms with Crippen molar-refractivity contribution in [1.29, 1.82) is 0 Å². The molecule has 1 atom stereocenters. The van der Waals surface area contributed by atoms with Crippen molar-refractivity contribution in [2.45, 2.75) is 32.7 Å². The van der Waals surface area contributed by atoms with Crippen LogP contribution in [0.15, 0.2) is 24.3 Å². The van der Waals surface area contributed by atoms with Gasteiger partial charge in [-0.25, -0.2) is 4.79 Å². The van der Waals surface area contributed by atoms with E-state index < -0.39 is 12.1 Å². The fraction of sp³-hybridized carbons (Fsp3) is 0.438. The van der Waals surface area contributed by atoms with E-state index in [-0.39, 0.29) is 24.7 Å². The molecule has 1 fully saturated rings. The molecule has 1 aromatic rings. The van der Waals surface area contributed by atoms with Gasteiger partial charge in [-0.15, -0.1) is 0 Å². The fourth-order valence-corrected chi connectivity index (χ4v) is 2.51. The fourth-order valence-electron chi connectivity index (χ4n) is 2.51. The Hall–Kier alpha value is -2.57. The van der Waals surface area contributed by atoms with Crippen LogP contribution in [0, 0.1) is 0 Å². The minimum absolute atomic E-state index is 0.163. The average Bonchev–Trinajstić information content (AvgIpc) is 2.86. The number of hydrogen-bond donors (Lipinski definition) is 3. The quantitative estimate of drug-likeness (QED) is 0.664. The molecule has 1 aromatic carbocycles. The van der Waals surface area contributed by atoms with Crippen molar-refractivity contribution in [1.82, 2.24) is 10.6 Å². The molecule has 23 heavy (non-hydrogen) atoms. The molecule has 0 radical (unpaired) electrons. The second kappa shape index (κ2) is 7.62. The number of nitrogens with one attached hydrogen (secondary N) is 3. The molecule has 1 aliphatic rings. The highest BCUT2D eigenvalue weighted by atomic mass is 16.2. The van der Waals surface area contributed by atoms with Crippen molar-refractivity contribution in [3.8, 4) is 0 Å². The number of anilines is 2. The molecule has 1 aliphatic heterocycles. The number of urea groups is 1. The Balaban J connectivity index is 1.83. The topological polar surface area (TPSA) is 90.5 Å². The first kappa shape index (κ1) is 16.8. The Kier molecular flexibility index (Phi) is 5.56. The number of amides is 4. The average molecular weight is 318 g/mol. The van der Waals surface area contributed by atoms with Crippen LogP contribution in [-0.2, 0) is 9.59 Å². The normalized spacial score (nSPS) is 16.7. The van der Waals surface area contributed by atoms with Gasteiger partial charge in [-0.05, 0) is 44.5 Å². The number of nitrogens with zero attached hydrogens (tertiary/aromatic N) is 1. The van der Waals surface area contributed by atoms with Gasteiger partial charge in [0.2, 0.25) is 5.91 Å². The molecule has 0 aliphatic carbocycles. The van der Waals surface area contributed by atoms with E-state index in [1.54, 1.807) is 0 Å². The molecular formula is C16H22N4O3. The van der Waals surface area contributed by atoms with Crippen molar-refractivity contribution in [3.63, 3.8) is 0 Å². The van der Waals surface area contributed by atoms with Gasteiger partial charge in [0.1, 0.15) is 6.04 Å². The smallest absolute Gasteiger partial charge is 0.322 e. The van der Waals surface area contributed by atoms with Crippen molar-refractivity contribution in [2.24, 2.45) is 0 Å². The van der Waals surface area contributed by atoms with Crippen LogP contribution in [0.25, 0.3) is 0 Å². The number of carbonyl (C=O) groups is 3. The van der Waals surface area contributed by atoms with Gasteiger partial charge >= 0.3 is 6.03 Å². The number of imide groups is 1. The molecular weight excluding hydrogens is 296 g/mol. The summed E-state index contributed by atoms with van der Waals surface area (Å²) < 4.78 is 0. The van der Waals surface area contributed by atoms with Crippen molar-refractivity contribution < 1.29 is 14.4 Å². The Morgan fingerprint density at radius 3 is 2.35 bits per heavy atom. The third-order valence-corrected chi connectivity index (χ3v) is 3.80. The summed E-state index contributed by atoms with van der Waals surface area (Å²) in [5.74, 6) is -0.569. The second-order valence-electron chi connectivity index (χ2n) is 5.32. The third kappa shape index (κ3) is 4.45. The monoisotopic (exact) mass is 318 g/mol. The van der Waals surface area contributed by atoms with E-state index in [1.165, 1.54) is 0 Å². The zero-order valence-electron chi connectivity index (χ0n) is 13.4. The molecule has 1 heterocycles. The van der Waals surface area contributed by atoms with Crippen LogP contribution in [0.1, 0.15) is 26.7 Å². The molecule has 7 nitrogen and oxygen atoms in total. The summed E-state index contributed by atoms with van der Waals surface area (Å²) in [6, 6.07) is 6.51. The first-order valence-corrected chi connectivity index (χ1v) is 7.79. The Bertz CT molecular complexity index is 581. The Labute approximate surface area is 135 Å². The highest BCUT2D eigenvalue weighted by Crippen LogP contribution is 2.18. The number of benzene rings is 1. The van der Waals surface area contributed by atoms with Gasteiger partial charge < -0.3 is 15.5 Å². The van der Waals surface area contributed by atoms with Crippen molar-refractivity contribution >= 4 is 29.2 Å². The predicted molar refractivity (Wildman–Crippen MR) is 88.3 cm³/mol. The Morgan fingerprint density at radius 1 is 1.17 bits per heavy atom. The lowest BCUT2D eigenvalue weighted by Crippen LogP contribution is -2.30. The summed E-state index contributed by atoms with van der Waals surface area (Å²) >= 11 is 0. The minimum Gasteiger partial charge on any atom is -0.372 e. The molecule has 4 amide bonds. The van der Waals surface area contributed by atoms with Gasteiger partial charge in [0, 0.05) is 30.9 Å². The van der Waals surface area contributed by atoms with E-state index in [0.29, 0.717) is 5.69 Å². The highest BCUT2D eigenvalue weighted by Gasteiger charge is 2.29. The number of hydrogen-bond acceptors (Lipinski definition) is 4. The lowest BCUT2D eigenvalue weighted by Gasteiger charge is -2.21. The van der Waals surface area contributed by atoms with E-state index in [9.17, 15) is 14.4 Å². The minimum atomic E-state index is -0.627. The van der Waals surface area contributed by atoms with E-state index in [2.05, 4.69) is 34.7 Å². The summed E-state index contributed by atoms with van der Waals surface area (Å²) in [5.41, 5.74) is 1.82. The van der Waals surface area contributed by atoms with Gasteiger partial charge in [-0.2, -0.15) is 0 Å². The number of rotatable bonds is 7. The molecule has 3 N–H and O–H groups in total. The van der Waals surface area contributed by atoms with Crippen molar-refractivity contribution in [3.05, 3.63) is 24.3 Å². The molecule has 0 saturated carbocycles. The van der Waals surface area contributed by atoms with Crippen LogP contribution in [0.5, 0.6) is 0 Å². The zero-order chi connectivity index (χ0) is 16.8. The van der Waals surface area contributed by atoms with E-state index in [0.717, 1.165) is 18.8 Å². The first-order valence-electron chi connectivity index (χ1n) is 7.79. The summed E-state index contributed by atoms with van der Waals surface area (Å²) in [6.07, 6.45) is 0.442. The van der Waals surface area contributed by atoms with Crippen LogP contribution in [0.4, 0.5) is 16.2 Å². The lowest BCUT2D eigenvalue weighted by molar-refractivity contribution is -0.120. The molecule has 0 spiro atoms. The van der Waals surface area contributed by atoms with Gasteiger partial charge in [0.05, 0.1) is 0 Å². The summed E-state index contributed by atoms with van der Waals surface area (Å²) in [4.78, 5) is 36.5. The van der Waals surface area contributed by atoms with E-state index in [4.69, 9.17) is 0 Å². The Morgan fingerprint density at radius 2 is 1.83 bits per heavy atom. The molecule has 124 valence electrons. The van der Waals surface area contributed by atoms with E-state index >= 15 is 0 Å². The van der Waals surface area contributed by atoms with Gasteiger partial charge in [-0.3, -0.25) is 14.9 Å². The van der Waals surface area contributed by atoms with Gasteiger partial charge in [0.15, 0.2) is 0 Å². The largest absolute Gasteiger partial charge is 0.372 e. The zero-order valence-corrected chi connectivity index (χ0v) is 13.4. The van der Waals surface area contributed by atoms with Crippen LogP contribution in [0.2, 0.25) is 0 Å². The third-order valence-electron chi connectivity index (χ3n) is 3.80. The van der Waals surface area contributed by atoms with Crippen LogP contribution in [-0.4, -0.2) is 37.0 Å². The highest BCUT2D eigenvalue weighted by molar-refractivity contribution is 6.04. The molecule has 2 rings (SSSR count). The van der Waals surface area contributed by atoms with Crippen LogP contribution < -0.4 is 20.9 Å². The first-order chi connectivity index (χ1) is 11.0. The summed E-state index contributed by atoms with van der Waals surface area (Å²) in [6.45, 7) is 6.04. The van der Waals surface area contributed by atoms with Crippen molar-refractivity contribution in [2.75, 3.05) is 23.3 Å². The molecule has 0 bridgehead atoms. The maximum absolute atomic E-state index is 11.9. The second-order valence-corrected chi connectivity index (χ2v) is 5.32. The van der Waals surface area contributed by atoms with Gasteiger partial charge in [0.25, 0.3) is 5.91 Å². The maximum atomic E-state index is 11.9. The maximum Gasteiger partial charge on any atom is 0.322 e. The van der Waals surface area contributed by atoms with E-state index in [1.807, 2.05) is 24.3 Å². The molecule has 7 heteroatoms. The van der Waals surface area contributed by atoms with Crippen LogP contribution in [0.3, 0.4) is 0 Å². The van der Waals surface area contributed by atoms with Gasteiger partial charge in [-0.1, -0.05) is 0 Å². The predicted octanol–water partition coefficient (Wildman–Crippen LogP) is 1.46. The molecule has 1 unspecified atom stereocenters. The molecule has 1 saturated heterocycles. The number of carbonyl (C=O) groups excluding carboxylic acids is 3.